The van der Waals surface area contributed by atoms with E-state index in [2.05, 4.69) is 9.47 Å². The van der Waals surface area contributed by atoms with Crippen LogP contribution in [0, 0.1) is 20.2 Å². The Morgan fingerprint density at radius 3 is 1.08 bits per heavy atom. The Kier molecular flexibility index (Phi) is 22.6. The highest BCUT2D eigenvalue weighted by Crippen LogP contribution is 2.18. The van der Waals surface area contributed by atoms with E-state index in [4.69, 9.17) is 37.9 Å². The first-order chi connectivity index (χ1) is 23.3. The first-order valence-electron chi connectivity index (χ1n) is 13.9. The lowest BCUT2D eigenvalue weighted by atomic mass is 10.3. The molecule has 0 amide bonds. The first-order valence-corrected chi connectivity index (χ1v) is 13.9. The van der Waals surface area contributed by atoms with Gasteiger partial charge in [0.15, 0.2) is 0 Å². The number of non-ortho nitro benzene ring substituents is 2. The van der Waals surface area contributed by atoms with Crippen molar-refractivity contribution in [2.75, 3.05) is 79.3 Å². The van der Waals surface area contributed by atoms with Crippen molar-refractivity contribution in [3.63, 3.8) is 0 Å². The summed E-state index contributed by atoms with van der Waals surface area (Å²) in [6.45, 7) is 3.16. The summed E-state index contributed by atoms with van der Waals surface area (Å²) in [7, 11) is 0. The van der Waals surface area contributed by atoms with Crippen LogP contribution in [0.5, 0.6) is 11.5 Å². The highest BCUT2D eigenvalue weighted by Gasteiger charge is 2.10. The molecule has 0 saturated carbocycles. The van der Waals surface area contributed by atoms with Crippen molar-refractivity contribution in [2.24, 2.45) is 0 Å². The largest absolute Gasteiger partial charge is 0.513 e. The molecule has 0 N–H and O–H groups in total. The van der Waals surface area contributed by atoms with Crippen LogP contribution in [0.2, 0.25) is 0 Å². The maximum absolute atomic E-state index is 11.5. The van der Waals surface area contributed by atoms with Gasteiger partial charge in [0.25, 0.3) is 24.3 Å². The summed E-state index contributed by atoms with van der Waals surface area (Å²) >= 11 is 0. The molecule has 0 aliphatic rings. The van der Waals surface area contributed by atoms with Crippen LogP contribution in [0.25, 0.3) is 0 Å². The van der Waals surface area contributed by atoms with Gasteiger partial charge in [-0.25, -0.2) is 9.59 Å². The Hall–Kier alpha value is -5.44. The Labute approximate surface area is 272 Å². The van der Waals surface area contributed by atoms with E-state index in [1.807, 2.05) is 0 Å². The van der Waals surface area contributed by atoms with E-state index >= 15 is 0 Å². The van der Waals surface area contributed by atoms with E-state index in [9.17, 15) is 39.4 Å². The van der Waals surface area contributed by atoms with Crippen molar-refractivity contribution in [1.82, 2.24) is 0 Å². The number of benzene rings is 2. The van der Waals surface area contributed by atoms with Crippen LogP contribution in [0.1, 0.15) is 0 Å². The van der Waals surface area contributed by atoms with Gasteiger partial charge in [-0.05, 0) is 24.3 Å². The molecule has 0 saturated heterocycles. The smallest absolute Gasteiger partial charge is 0.465 e. The monoisotopic (exact) mass is 686 g/mol. The molecule has 20 heteroatoms. The molecule has 0 heterocycles. The summed E-state index contributed by atoms with van der Waals surface area (Å²) in [5, 5.41) is 21.1. The number of ether oxygens (including phenoxy) is 10. The molecule has 0 spiro atoms. The second kappa shape index (κ2) is 26.7. The number of nitro groups is 2. The molecule has 264 valence electrons. The van der Waals surface area contributed by atoms with Gasteiger partial charge in [-0.2, -0.15) is 0 Å². The average Bonchev–Trinajstić information content (AvgIpc) is 3.07. The Morgan fingerprint density at radius 1 is 0.500 bits per heavy atom. The van der Waals surface area contributed by atoms with Gasteiger partial charge in [-0.15, -0.1) is 0 Å². The molecule has 0 aliphatic heterocycles. The summed E-state index contributed by atoms with van der Waals surface area (Å²) in [4.78, 5) is 62.4. The van der Waals surface area contributed by atoms with Gasteiger partial charge >= 0.3 is 12.3 Å². The number of carbonyl (C=O) groups is 4. The fraction of sp³-hybridized carbons (Fsp3) is 0.429. The van der Waals surface area contributed by atoms with Gasteiger partial charge in [0.2, 0.25) is 0 Å². The van der Waals surface area contributed by atoms with E-state index in [1.165, 1.54) is 48.5 Å². The molecule has 2 aromatic rings. The molecule has 0 aromatic heterocycles. The van der Waals surface area contributed by atoms with Crippen molar-refractivity contribution in [1.29, 1.82) is 0 Å². The highest BCUT2D eigenvalue weighted by molar-refractivity contribution is 5.64. The lowest BCUT2D eigenvalue weighted by molar-refractivity contribution is -0.385. The zero-order chi connectivity index (χ0) is 35.2. The van der Waals surface area contributed by atoms with E-state index in [0.717, 1.165) is 0 Å². The van der Waals surface area contributed by atoms with Gasteiger partial charge in [0, 0.05) is 24.3 Å². The predicted octanol–water partition coefficient (Wildman–Crippen LogP) is 2.63. The zero-order valence-electron chi connectivity index (χ0n) is 25.5. The molecule has 2 rings (SSSR count). The van der Waals surface area contributed by atoms with E-state index in [0.29, 0.717) is 39.4 Å². The molecule has 0 aliphatic carbocycles. The third-order valence-corrected chi connectivity index (χ3v) is 4.96. The van der Waals surface area contributed by atoms with Gasteiger partial charge in [-0.3, -0.25) is 29.8 Å². The number of rotatable bonds is 24. The van der Waals surface area contributed by atoms with Crippen molar-refractivity contribution in [2.45, 2.75) is 0 Å². The van der Waals surface area contributed by atoms with Crippen molar-refractivity contribution >= 4 is 36.6 Å². The normalized spacial score (nSPS) is 10.0. The number of hydrogen-bond donors (Lipinski definition) is 0. The molecular formula is C28H34N2O18. The van der Waals surface area contributed by atoms with Crippen molar-refractivity contribution in [3.05, 3.63) is 68.8 Å². The second-order valence-corrected chi connectivity index (χ2v) is 8.29. The Morgan fingerprint density at radius 2 is 0.792 bits per heavy atom. The number of nitro benzene ring substituents is 2. The molecule has 0 radical (unpaired) electrons. The fourth-order valence-electron chi connectivity index (χ4n) is 2.85. The van der Waals surface area contributed by atoms with Crippen molar-refractivity contribution in [3.8, 4) is 11.5 Å². The van der Waals surface area contributed by atoms with E-state index in [1.54, 1.807) is 0 Å². The number of hydrogen-bond acceptors (Lipinski definition) is 18. The topological polar surface area (TPSA) is 247 Å². The van der Waals surface area contributed by atoms with Crippen LogP contribution in [0.3, 0.4) is 0 Å². The minimum atomic E-state index is -0.980. The highest BCUT2D eigenvalue weighted by atomic mass is 16.7. The van der Waals surface area contributed by atoms with Crippen molar-refractivity contribution < 1.29 is 76.4 Å². The van der Waals surface area contributed by atoms with Crippen LogP contribution >= 0.6 is 0 Å². The minimum Gasteiger partial charge on any atom is -0.465 e. The summed E-state index contributed by atoms with van der Waals surface area (Å²) in [6.07, 6.45) is -1.96. The van der Waals surface area contributed by atoms with E-state index in [-0.39, 0.29) is 75.7 Å². The molecule has 0 fully saturated rings. The predicted molar refractivity (Wildman–Crippen MR) is 157 cm³/mol. The fourth-order valence-corrected chi connectivity index (χ4v) is 2.85. The molecule has 2 aromatic carbocycles. The summed E-state index contributed by atoms with van der Waals surface area (Å²) in [5.74, 6) is 0.201. The van der Waals surface area contributed by atoms with Gasteiger partial charge in [0.05, 0.1) is 62.7 Å². The second-order valence-electron chi connectivity index (χ2n) is 8.29. The number of carbonyl (C=O) groups excluding carboxylic acids is 4. The molecule has 0 bridgehead atoms. The lowest BCUT2D eigenvalue weighted by Crippen LogP contribution is -2.17. The van der Waals surface area contributed by atoms with Gasteiger partial charge < -0.3 is 47.4 Å². The molecule has 0 unspecified atom stereocenters. The van der Waals surface area contributed by atoms with Crippen LogP contribution in [-0.4, -0.2) is 114 Å². The zero-order valence-corrected chi connectivity index (χ0v) is 25.5. The number of nitrogens with zero attached hydrogens (tertiary/aromatic N) is 2. The van der Waals surface area contributed by atoms with Crippen LogP contribution in [-0.2, 0) is 47.5 Å². The molecule has 0 atom stereocenters. The first kappa shape index (κ1) is 40.6. The van der Waals surface area contributed by atoms with E-state index < -0.39 is 22.2 Å². The summed E-state index contributed by atoms with van der Waals surface area (Å²) in [6, 6.07) is 9.85. The average molecular weight is 687 g/mol. The maximum Gasteiger partial charge on any atom is 0.513 e. The maximum atomic E-state index is 11.5. The van der Waals surface area contributed by atoms with Crippen LogP contribution in [0.4, 0.5) is 21.0 Å². The van der Waals surface area contributed by atoms with Crippen LogP contribution < -0.4 is 9.47 Å². The summed E-state index contributed by atoms with van der Waals surface area (Å²) in [5.41, 5.74) is -0.268. The van der Waals surface area contributed by atoms with Crippen LogP contribution in [0.15, 0.2) is 48.5 Å². The van der Waals surface area contributed by atoms with Gasteiger partial charge in [0.1, 0.15) is 37.9 Å². The standard InChI is InChI=1S/C20H20N2O12.C8H14O6/c23-19(33-17-5-1-15(2-6-17)21(25)26)31-13-11-29-9-10-30-12-14-32-20(24)34-18-7-3-16(4-8-18)22(27)28;9-7-13-5-3-11-1-2-12-4-6-14-8-10/h1-8H,9-14H2;7-8H,1-6H2. The summed E-state index contributed by atoms with van der Waals surface area (Å²) < 4.78 is 48.5. The Bertz CT molecular complexity index is 1130. The third-order valence-electron chi connectivity index (χ3n) is 4.96. The lowest BCUT2D eigenvalue weighted by Gasteiger charge is -2.08. The SMILES string of the molecule is O=C(OCCOCCOCCOC(=O)Oc1ccc([N+](=O)[O-])cc1)Oc1ccc([N+](=O)[O-])cc1.O=COCCOCCOCCOC=O. The van der Waals surface area contributed by atoms with Gasteiger partial charge in [-0.1, -0.05) is 0 Å². The quantitative estimate of drug-likeness (QED) is 0.0293. The molecule has 20 nitrogen and oxygen atoms in total. The minimum absolute atomic E-state index is 0.0800. The Balaban J connectivity index is 0.000000692. The third kappa shape index (κ3) is 21.3. The molecular weight excluding hydrogens is 652 g/mol. The molecule has 48 heavy (non-hydrogen) atoms.